The molecule has 0 aromatic carbocycles. The maximum absolute atomic E-state index is 5.56. The van der Waals surface area contributed by atoms with Gasteiger partial charge in [0.25, 0.3) is 0 Å². The van der Waals surface area contributed by atoms with Crippen molar-refractivity contribution in [2.45, 2.75) is 43.5 Å². The molecular formula is C17H30N4OS. The molecule has 1 fully saturated rings. The molecule has 6 heteroatoms. The maximum atomic E-state index is 5.56. The van der Waals surface area contributed by atoms with Crippen molar-refractivity contribution in [3.05, 3.63) is 24.2 Å². The van der Waals surface area contributed by atoms with Crippen LogP contribution in [-0.4, -0.2) is 55.6 Å². The number of hydrogen-bond donors (Lipinski definition) is 2. The third-order valence-electron chi connectivity index (χ3n) is 4.32. The Hall–Kier alpha value is -1.14. The molecule has 130 valence electrons. The molecule has 23 heavy (non-hydrogen) atoms. The second-order valence-electron chi connectivity index (χ2n) is 6.23. The van der Waals surface area contributed by atoms with Crippen molar-refractivity contribution in [1.29, 1.82) is 0 Å². The zero-order valence-corrected chi connectivity index (χ0v) is 15.5. The van der Waals surface area contributed by atoms with Gasteiger partial charge in [0, 0.05) is 17.8 Å². The highest BCUT2D eigenvalue weighted by molar-refractivity contribution is 7.99. The number of likely N-dealkylation sites (N-methyl/N-ethyl adjacent to an activating group) is 1. The van der Waals surface area contributed by atoms with Crippen LogP contribution in [0.4, 0.5) is 0 Å². The summed E-state index contributed by atoms with van der Waals surface area (Å²) in [6.45, 7) is 3.65. The Labute approximate surface area is 144 Å². The minimum absolute atomic E-state index is 0.156. The highest BCUT2D eigenvalue weighted by Gasteiger charge is 2.24. The standard InChI is InChI=1S/C17H30N4OS/c1-5-18-17(20-13-8-9-14(11-13)23-4)19-12-15(21(2)3)16-7-6-10-22-16/h6-7,10,13-15H,5,8-9,11-12H2,1-4H3,(H2,18,19,20). The summed E-state index contributed by atoms with van der Waals surface area (Å²) in [4.78, 5) is 6.94. The van der Waals surface area contributed by atoms with Crippen molar-refractivity contribution in [3.63, 3.8) is 0 Å². The Balaban J connectivity index is 1.97. The van der Waals surface area contributed by atoms with E-state index in [9.17, 15) is 0 Å². The lowest BCUT2D eigenvalue weighted by molar-refractivity contribution is 0.265. The number of aliphatic imine (C=N–C) groups is 1. The Morgan fingerprint density at radius 1 is 1.48 bits per heavy atom. The Morgan fingerprint density at radius 2 is 2.30 bits per heavy atom. The van der Waals surface area contributed by atoms with E-state index in [0.717, 1.165) is 23.5 Å². The van der Waals surface area contributed by atoms with Crippen LogP contribution in [0.25, 0.3) is 0 Å². The molecular weight excluding hydrogens is 308 g/mol. The number of thioether (sulfide) groups is 1. The largest absolute Gasteiger partial charge is 0.468 e. The van der Waals surface area contributed by atoms with Gasteiger partial charge in [-0.3, -0.25) is 9.89 Å². The Kier molecular flexibility index (Phi) is 7.30. The molecule has 0 bridgehead atoms. The number of hydrogen-bond acceptors (Lipinski definition) is 4. The minimum atomic E-state index is 0.156. The van der Waals surface area contributed by atoms with Crippen LogP contribution in [0.5, 0.6) is 0 Å². The zero-order valence-electron chi connectivity index (χ0n) is 14.7. The van der Waals surface area contributed by atoms with Crippen molar-refractivity contribution in [2.75, 3.05) is 33.4 Å². The smallest absolute Gasteiger partial charge is 0.191 e. The molecule has 2 N–H and O–H groups in total. The average Bonchev–Trinajstić information content (AvgIpc) is 3.18. The first-order valence-electron chi connectivity index (χ1n) is 8.41. The van der Waals surface area contributed by atoms with Gasteiger partial charge < -0.3 is 15.1 Å². The highest BCUT2D eigenvalue weighted by atomic mass is 32.2. The summed E-state index contributed by atoms with van der Waals surface area (Å²) in [5.74, 6) is 1.87. The van der Waals surface area contributed by atoms with Gasteiger partial charge in [-0.1, -0.05) is 0 Å². The highest BCUT2D eigenvalue weighted by Crippen LogP contribution is 2.28. The number of rotatable bonds is 7. The van der Waals surface area contributed by atoms with Gasteiger partial charge in [0.2, 0.25) is 0 Å². The van der Waals surface area contributed by atoms with Gasteiger partial charge in [-0.2, -0.15) is 11.8 Å². The van der Waals surface area contributed by atoms with Crippen LogP contribution >= 0.6 is 11.8 Å². The fourth-order valence-corrected chi connectivity index (χ4v) is 3.76. The molecule has 1 aliphatic carbocycles. The van der Waals surface area contributed by atoms with Crippen LogP contribution in [0, 0.1) is 0 Å². The summed E-state index contributed by atoms with van der Waals surface area (Å²) in [7, 11) is 4.12. The number of guanidine groups is 1. The van der Waals surface area contributed by atoms with Crippen molar-refractivity contribution in [2.24, 2.45) is 4.99 Å². The summed E-state index contributed by atoms with van der Waals surface area (Å²) in [5.41, 5.74) is 0. The van der Waals surface area contributed by atoms with Crippen molar-refractivity contribution in [3.8, 4) is 0 Å². The topological polar surface area (TPSA) is 52.8 Å². The van der Waals surface area contributed by atoms with Crippen LogP contribution in [-0.2, 0) is 0 Å². The second kappa shape index (κ2) is 9.23. The fraction of sp³-hybridized carbons (Fsp3) is 0.706. The predicted molar refractivity (Wildman–Crippen MR) is 99.2 cm³/mol. The number of furan rings is 1. The van der Waals surface area contributed by atoms with Gasteiger partial charge in [0.1, 0.15) is 5.76 Å². The monoisotopic (exact) mass is 338 g/mol. The molecule has 2 rings (SSSR count). The molecule has 0 radical (unpaired) electrons. The van der Waals surface area contributed by atoms with Gasteiger partial charge >= 0.3 is 0 Å². The average molecular weight is 339 g/mol. The van der Waals surface area contributed by atoms with Gasteiger partial charge in [-0.15, -0.1) is 0 Å². The molecule has 3 atom stereocenters. The molecule has 1 aromatic rings. The summed E-state index contributed by atoms with van der Waals surface area (Å²) in [5, 5.41) is 7.75. The van der Waals surface area contributed by atoms with Crippen LogP contribution in [0.15, 0.2) is 27.8 Å². The SMILES string of the molecule is CCNC(=NCC(c1ccco1)N(C)C)NC1CCC(SC)C1. The second-order valence-corrected chi connectivity index (χ2v) is 7.36. The maximum Gasteiger partial charge on any atom is 0.191 e. The van der Waals surface area contributed by atoms with Crippen LogP contribution < -0.4 is 10.6 Å². The van der Waals surface area contributed by atoms with E-state index in [-0.39, 0.29) is 6.04 Å². The number of nitrogens with one attached hydrogen (secondary N) is 2. The molecule has 0 spiro atoms. The normalized spacial score (nSPS) is 23.3. The lowest BCUT2D eigenvalue weighted by Crippen LogP contribution is -2.43. The van der Waals surface area contributed by atoms with Crippen LogP contribution in [0.3, 0.4) is 0 Å². The van der Waals surface area contributed by atoms with E-state index < -0.39 is 0 Å². The molecule has 1 saturated carbocycles. The first-order chi connectivity index (χ1) is 11.1. The summed E-state index contributed by atoms with van der Waals surface area (Å²) in [6.07, 6.45) is 7.68. The predicted octanol–water partition coefficient (Wildman–Crippen LogP) is 2.72. The molecule has 5 nitrogen and oxygen atoms in total. The van der Waals surface area contributed by atoms with Crippen molar-refractivity contribution >= 4 is 17.7 Å². The minimum Gasteiger partial charge on any atom is -0.468 e. The Morgan fingerprint density at radius 3 is 2.87 bits per heavy atom. The first kappa shape index (κ1) is 18.2. The molecule has 0 saturated heterocycles. The molecule has 1 aliphatic rings. The van der Waals surface area contributed by atoms with E-state index in [2.05, 4.69) is 42.8 Å². The van der Waals surface area contributed by atoms with E-state index in [1.54, 1.807) is 6.26 Å². The van der Waals surface area contributed by atoms with E-state index in [1.165, 1.54) is 19.3 Å². The molecule has 1 aromatic heterocycles. The van der Waals surface area contributed by atoms with Crippen LogP contribution in [0.1, 0.15) is 38.0 Å². The summed E-state index contributed by atoms with van der Waals surface area (Å²) >= 11 is 1.98. The summed E-state index contributed by atoms with van der Waals surface area (Å²) < 4.78 is 5.56. The third-order valence-corrected chi connectivity index (χ3v) is 5.42. The van der Waals surface area contributed by atoms with Crippen LogP contribution in [0.2, 0.25) is 0 Å². The first-order valence-corrected chi connectivity index (χ1v) is 9.70. The Bertz CT molecular complexity index is 475. The van der Waals surface area contributed by atoms with Gasteiger partial charge in [-0.25, -0.2) is 0 Å². The van der Waals surface area contributed by atoms with Gasteiger partial charge in [0.05, 0.1) is 18.8 Å². The van der Waals surface area contributed by atoms with E-state index in [0.29, 0.717) is 12.6 Å². The zero-order chi connectivity index (χ0) is 16.7. The fourth-order valence-electron chi connectivity index (χ4n) is 2.97. The lowest BCUT2D eigenvalue weighted by Gasteiger charge is -2.22. The van der Waals surface area contributed by atoms with Gasteiger partial charge in [-0.05, 0) is 58.7 Å². The van der Waals surface area contributed by atoms with Gasteiger partial charge in [0.15, 0.2) is 5.96 Å². The van der Waals surface area contributed by atoms with E-state index in [1.807, 2.05) is 23.9 Å². The lowest BCUT2D eigenvalue weighted by atomic mass is 10.2. The molecule has 3 unspecified atom stereocenters. The van der Waals surface area contributed by atoms with Crippen molar-refractivity contribution in [1.82, 2.24) is 15.5 Å². The van der Waals surface area contributed by atoms with E-state index >= 15 is 0 Å². The quantitative estimate of drug-likeness (QED) is 0.591. The van der Waals surface area contributed by atoms with E-state index in [4.69, 9.17) is 9.41 Å². The third kappa shape index (κ3) is 5.46. The molecule has 0 aliphatic heterocycles. The molecule has 1 heterocycles. The van der Waals surface area contributed by atoms with Crippen molar-refractivity contribution < 1.29 is 4.42 Å². The summed E-state index contributed by atoms with van der Waals surface area (Å²) in [6, 6.07) is 4.63. The number of nitrogens with zero attached hydrogens (tertiary/aromatic N) is 2. The molecule has 0 amide bonds.